The number of carbonyl (C=O) groups excluding carboxylic acids is 1. The van der Waals surface area contributed by atoms with E-state index in [2.05, 4.69) is 15.1 Å². The quantitative estimate of drug-likeness (QED) is 0.564. The van der Waals surface area contributed by atoms with E-state index in [4.69, 9.17) is 9.47 Å². The standard InChI is InChI=1S/C22H21N5O4S/c1-13-10-19(28)27-21(23-13)32-22(25-27)31-16-8-7-14(12-17(16)30-2)11-15-20(29)26-9-5-3-4-6-18(26)24-15/h7-8,10-12H,3-6,9H2,1-2H3/b15-11+. The van der Waals surface area contributed by atoms with Crippen molar-refractivity contribution in [3.05, 3.63) is 51.6 Å². The Balaban J connectivity index is 1.42. The second kappa shape index (κ2) is 8.19. The number of aliphatic imine (C=N–C) groups is 1. The number of nitrogens with zero attached hydrogens (tertiary/aromatic N) is 5. The van der Waals surface area contributed by atoms with Crippen molar-refractivity contribution in [3.63, 3.8) is 0 Å². The van der Waals surface area contributed by atoms with Crippen LogP contribution in [-0.4, -0.2) is 44.9 Å². The van der Waals surface area contributed by atoms with E-state index in [1.165, 1.54) is 29.0 Å². The molecule has 9 nitrogen and oxygen atoms in total. The molecule has 0 radical (unpaired) electrons. The zero-order valence-electron chi connectivity index (χ0n) is 17.7. The number of hydrogen-bond donors (Lipinski definition) is 0. The molecular weight excluding hydrogens is 430 g/mol. The molecule has 1 aromatic carbocycles. The molecule has 0 aliphatic carbocycles. The van der Waals surface area contributed by atoms with Gasteiger partial charge in [0, 0.05) is 24.7 Å². The Morgan fingerprint density at radius 3 is 2.84 bits per heavy atom. The molecule has 32 heavy (non-hydrogen) atoms. The fourth-order valence-electron chi connectivity index (χ4n) is 3.80. The molecule has 1 fully saturated rings. The van der Waals surface area contributed by atoms with E-state index >= 15 is 0 Å². The first-order valence-electron chi connectivity index (χ1n) is 10.4. The van der Waals surface area contributed by atoms with Gasteiger partial charge in [0.15, 0.2) is 11.5 Å². The van der Waals surface area contributed by atoms with Gasteiger partial charge in [-0.25, -0.2) is 9.98 Å². The fourth-order valence-corrected chi connectivity index (χ4v) is 4.62. The van der Waals surface area contributed by atoms with Crippen molar-refractivity contribution >= 4 is 34.1 Å². The third-order valence-electron chi connectivity index (χ3n) is 5.35. The van der Waals surface area contributed by atoms with Gasteiger partial charge in [-0.05, 0) is 54.9 Å². The molecule has 2 aromatic heterocycles. The maximum Gasteiger partial charge on any atom is 0.300 e. The highest BCUT2D eigenvalue weighted by Gasteiger charge is 2.30. The molecule has 1 saturated heterocycles. The second-order valence-electron chi connectivity index (χ2n) is 7.64. The lowest BCUT2D eigenvalue weighted by Crippen LogP contribution is -2.31. The number of amides is 1. The Morgan fingerprint density at radius 2 is 2.00 bits per heavy atom. The van der Waals surface area contributed by atoms with Crippen LogP contribution in [0.15, 0.2) is 39.7 Å². The molecule has 164 valence electrons. The van der Waals surface area contributed by atoms with Crippen molar-refractivity contribution in [3.8, 4) is 16.7 Å². The molecule has 5 rings (SSSR count). The Morgan fingerprint density at radius 1 is 1.12 bits per heavy atom. The first kappa shape index (κ1) is 20.4. The molecule has 0 N–H and O–H groups in total. The van der Waals surface area contributed by atoms with Gasteiger partial charge < -0.3 is 9.47 Å². The van der Waals surface area contributed by atoms with Crippen LogP contribution in [0.4, 0.5) is 0 Å². The molecule has 3 aromatic rings. The van der Waals surface area contributed by atoms with Gasteiger partial charge in [-0.3, -0.25) is 14.5 Å². The Kier molecular flexibility index (Phi) is 5.22. The predicted molar refractivity (Wildman–Crippen MR) is 121 cm³/mol. The maximum absolute atomic E-state index is 12.7. The van der Waals surface area contributed by atoms with Crippen molar-refractivity contribution in [2.45, 2.75) is 32.6 Å². The normalized spacial score (nSPS) is 17.4. The highest BCUT2D eigenvalue weighted by Crippen LogP contribution is 2.35. The summed E-state index contributed by atoms with van der Waals surface area (Å²) in [6.45, 7) is 2.48. The van der Waals surface area contributed by atoms with E-state index in [1.54, 1.807) is 30.0 Å². The molecule has 0 unspecified atom stereocenters. The van der Waals surface area contributed by atoms with E-state index in [1.807, 2.05) is 6.07 Å². The third-order valence-corrected chi connectivity index (χ3v) is 6.14. The minimum Gasteiger partial charge on any atom is -0.493 e. The van der Waals surface area contributed by atoms with Gasteiger partial charge in [0.25, 0.3) is 16.7 Å². The smallest absolute Gasteiger partial charge is 0.300 e. The Bertz CT molecular complexity index is 1340. The summed E-state index contributed by atoms with van der Waals surface area (Å²) < 4.78 is 12.6. The number of ether oxygens (including phenoxy) is 2. The lowest BCUT2D eigenvalue weighted by molar-refractivity contribution is -0.122. The van der Waals surface area contributed by atoms with E-state index in [9.17, 15) is 9.59 Å². The summed E-state index contributed by atoms with van der Waals surface area (Å²) in [5, 5.41) is 4.46. The van der Waals surface area contributed by atoms with Crippen LogP contribution >= 0.6 is 11.3 Å². The summed E-state index contributed by atoms with van der Waals surface area (Å²) in [6.07, 6.45) is 5.78. The van der Waals surface area contributed by atoms with Crippen molar-refractivity contribution in [1.29, 1.82) is 0 Å². The number of carbonyl (C=O) groups is 1. The zero-order chi connectivity index (χ0) is 22.2. The topological polar surface area (TPSA) is 98.4 Å². The van der Waals surface area contributed by atoms with Gasteiger partial charge >= 0.3 is 0 Å². The fraction of sp³-hybridized carbons (Fsp3) is 0.318. The molecule has 0 bridgehead atoms. The predicted octanol–water partition coefficient (Wildman–Crippen LogP) is 3.42. The molecule has 10 heteroatoms. The summed E-state index contributed by atoms with van der Waals surface area (Å²) in [7, 11) is 1.54. The highest BCUT2D eigenvalue weighted by atomic mass is 32.1. The van der Waals surface area contributed by atoms with Gasteiger partial charge in [-0.2, -0.15) is 4.52 Å². The van der Waals surface area contributed by atoms with E-state index in [0.717, 1.165) is 43.6 Å². The van der Waals surface area contributed by atoms with Crippen LogP contribution in [0.1, 0.15) is 36.9 Å². The van der Waals surface area contributed by atoms with Gasteiger partial charge in [0.05, 0.1) is 7.11 Å². The van der Waals surface area contributed by atoms with Crippen LogP contribution in [0.5, 0.6) is 16.7 Å². The number of amidine groups is 1. The highest BCUT2D eigenvalue weighted by molar-refractivity contribution is 7.18. The summed E-state index contributed by atoms with van der Waals surface area (Å²) in [6, 6.07) is 6.76. The van der Waals surface area contributed by atoms with Crippen LogP contribution in [0.3, 0.4) is 0 Å². The number of methoxy groups -OCH3 is 1. The van der Waals surface area contributed by atoms with E-state index in [0.29, 0.717) is 27.9 Å². The Labute approximate surface area is 187 Å². The summed E-state index contributed by atoms with van der Waals surface area (Å²) in [5.41, 5.74) is 1.57. The number of aryl methyl sites for hydroxylation is 1. The SMILES string of the molecule is COc1cc(/C=C2/N=C3CCCCCN3C2=O)ccc1Oc1nn2c(=O)cc(C)nc2s1. The molecule has 4 heterocycles. The molecular formula is C22H21N5O4S. The Hall–Kier alpha value is -3.53. The molecule has 2 aliphatic rings. The number of rotatable bonds is 4. The van der Waals surface area contributed by atoms with Crippen molar-refractivity contribution in [2.24, 2.45) is 4.99 Å². The number of aromatic nitrogens is 3. The summed E-state index contributed by atoms with van der Waals surface area (Å²) in [5.74, 6) is 1.73. The van der Waals surface area contributed by atoms with Crippen molar-refractivity contribution in [2.75, 3.05) is 13.7 Å². The van der Waals surface area contributed by atoms with Gasteiger partial charge in [-0.15, -0.1) is 5.10 Å². The van der Waals surface area contributed by atoms with Crippen LogP contribution in [0.2, 0.25) is 0 Å². The molecule has 0 atom stereocenters. The van der Waals surface area contributed by atoms with Gasteiger partial charge in [-0.1, -0.05) is 12.5 Å². The minimum absolute atomic E-state index is 0.0519. The lowest BCUT2D eigenvalue weighted by Gasteiger charge is -2.14. The summed E-state index contributed by atoms with van der Waals surface area (Å²) in [4.78, 5) is 35.9. The second-order valence-corrected chi connectivity index (χ2v) is 8.55. The van der Waals surface area contributed by atoms with E-state index in [-0.39, 0.29) is 16.7 Å². The third kappa shape index (κ3) is 3.77. The van der Waals surface area contributed by atoms with E-state index < -0.39 is 0 Å². The van der Waals surface area contributed by atoms with Gasteiger partial charge in [0.2, 0.25) is 4.96 Å². The van der Waals surface area contributed by atoms with Crippen LogP contribution in [-0.2, 0) is 4.79 Å². The number of benzene rings is 1. The van der Waals surface area contributed by atoms with Crippen LogP contribution in [0.25, 0.3) is 11.0 Å². The largest absolute Gasteiger partial charge is 0.493 e. The van der Waals surface area contributed by atoms with Crippen LogP contribution in [0, 0.1) is 6.92 Å². The molecule has 0 spiro atoms. The monoisotopic (exact) mass is 451 g/mol. The molecule has 1 amide bonds. The molecule has 2 aliphatic heterocycles. The number of fused-ring (bicyclic) bond motifs is 2. The van der Waals surface area contributed by atoms with Gasteiger partial charge in [0.1, 0.15) is 11.5 Å². The average Bonchev–Trinajstić information content (AvgIpc) is 3.20. The van der Waals surface area contributed by atoms with Crippen molar-refractivity contribution < 1.29 is 14.3 Å². The summed E-state index contributed by atoms with van der Waals surface area (Å²) >= 11 is 1.17. The van der Waals surface area contributed by atoms with Crippen molar-refractivity contribution in [1.82, 2.24) is 19.5 Å². The molecule has 0 saturated carbocycles. The van der Waals surface area contributed by atoms with Crippen LogP contribution < -0.4 is 15.0 Å². The first-order valence-corrected chi connectivity index (χ1v) is 11.2. The minimum atomic E-state index is -0.262. The maximum atomic E-state index is 12.7. The number of hydrogen-bond acceptors (Lipinski definition) is 8. The lowest BCUT2D eigenvalue weighted by atomic mass is 10.1. The first-order chi connectivity index (χ1) is 15.5. The zero-order valence-corrected chi connectivity index (χ0v) is 18.5. The average molecular weight is 452 g/mol.